The molecule has 0 saturated carbocycles. The third-order valence-corrected chi connectivity index (χ3v) is 4.89. The molecule has 1 atom stereocenters. The molecular weight excluding hydrogens is 294 g/mol. The van der Waals surface area contributed by atoms with Crippen LogP contribution in [0, 0.1) is 12.8 Å². The molecule has 6 heteroatoms. The zero-order valence-electron chi connectivity index (χ0n) is 14.2. The van der Waals surface area contributed by atoms with Crippen LogP contribution in [0.3, 0.4) is 0 Å². The van der Waals surface area contributed by atoms with E-state index < -0.39 is 0 Å². The quantitative estimate of drug-likeness (QED) is 0.845. The number of hydrogen-bond acceptors (Lipinski definition) is 5. The maximum absolute atomic E-state index is 12.9. The Hall–Kier alpha value is -1.40. The predicted molar refractivity (Wildman–Crippen MR) is 86.5 cm³/mol. The summed E-state index contributed by atoms with van der Waals surface area (Å²) in [6.45, 7) is 10.3. The molecule has 2 aliphatic heterocycles. The Bertz CT molecular complexity index is 537. The normalized spacial score (nSPS) is 23.2. The fourth-order valence-electron chi connectivity index (χ4n) is 3.64. The van der Waals surface area contributed by atoms with Crippen LogP contribution >= 0.6 is 0 Å². The second-order valence-electron chi connectivity index (χ2n) is 6.59. The molecular formula is C17H27N3O3. The van der Waals surface area contributed by atoms with Gasteiger partial charge in [0.2, 0.25) is 0 Å². The van der Waals surface area contributed by atoms with Crippen LogP contribution in [0.1, 0.15) is 41.6 Å². The second-order valence-corrected chi connectivity index (χ2v) is 6.59. The average Bonchev–Trinajstić information content (AvgIpc) is 2.96. The largest absolute Gasteiger partial charge is 0.379 e. The number of aryl methyl sites for hydroxylation is 2. The molecule has 2 fully saturated rings. The van der Waals surface area contributed by atoms with E-state index in [4.69, 9.17) is 9.26 Å². The van der Waals surface area contributed by atoms with Gasteiger partial charge < -0.3 is 14.2 Å². The van der Waals surface area contributed by atoms with Crippen molar-refractivity contribution in [3.63, 3.8) is 0 Å². The van der Waals surface area contributed by atoms with Gasteiger partial charge in [0.1, 0.15) is 11.3 Å². The van der Waals surface area contributed by atoms with Gasteiger partial charge in [0.05, 0.1) is 18.9 Å². The summed E-state index contributed by atoms with van der Waals surface area (Å²) in [7, 11) is 0. The number of nitrogens with zero attached hydrogens (tertiary/aromatic N) is 3. The topological polar surface area (TPSA) is 58.8 Å². The number of piperidine rings is 1. The molecule has 1 aromatic heterocycles. The van der Waals surface area contributed by atoms with Crippen molar-refractivity contribution in [2.75, 3.05) is 45.9 Å². The average molecular weight is 321 g/mol. The van der Waals surface area contributed by atoms with Gasteiger partial charge in [-0.15, -0.1) is 0 Å². The van der Waals surface area contributed by atoms with E-state index in [0.29, 0.717) is 29.4 Å². The molecule has 0 bridgehead atoms. The van der Waals surface area contributed by atoms with Gasteiger partial charge in [-0.25, -0.2) is 0 Å². The fourth-order valence-corrected chi connectivity index (χ4v) is 3.64. The molecule has 23 heavy (non-hydrogen) atoms. The van der Waals surface area contributed by atoms with E-state index in [-0.39, 0.29) is 5.91 Å². The fraction of sp³-hybridized carbons (Fsp3) is 0.765. The van der Waals surface area contributed by atoms with Crippen molar-refractivity contribution >= 4 is 5.91 Å². The number of carbonyl (C=O) groups is 1. The molecule has 1 aromatic rings. The minimum absolute atomic E-state index is 0.0901. The molecule has 2 saturated heterocycles. The number of morpholine rings is 1. The molecule has 3 heterocycles. The Labute approximate surface area is 137 Å². The molecule has 3 rings (SSSR count). The standard InChI is InChI=1S/C17H27N3O3/c1-3-15-16(13(2)18-23-15)17(21)20-6-4-5-14(12-20)11-19-7-9-22-10-8-19/h14H,3-12H2,1-2H3/t14-/m1/s1. The van der Waals surface area contributed by atoms with Crippen molar-refractivity contribution in [2.24, 2.45) is 5.92 Å². The van der Waals surface area contributed by atoms with E-state index >= 15 is 0 Å². The van der Waals surface area contributed by atoms with Gasteiger partial charge in [0, 0.05) is 39.1 Å². The van der Waals surface area contributed by atoms with Gasteiger partial charge in [-0.1, -0.05) is 12.1 Å². The Kier molecular flexibility index (Phi) is 5.33. The second kappa shape index (κ2) is 7.45. The lowest BCUT2D eigenvalue weighted by atomic mass is 9.96. The summed E-state index contributed by atoms with van der Waals surface area (Å²) >= 11 is 0. The van der Waals surface area contributed by atoms with Crippen molar-refractivity contribution in [1.82, 2.24) is 15.0 Å². The zero-order chi connectivity index (χ0) is 16.2. The maximum Gasteiger partial charge on any atom is 0.259 e. The van der Waals surface area contributed by atoms with E-state index in [0.717, 1.165) is 52.4 Å². The summed E-state index contributed by atoms with van der Waals surface area (Å²) in [6.07, 6.45) is 2.98. The Morgan fingerprint density at radius 3 is 2.83 bits per heavy atom. The Morgan fingerprint density at radius 2 is 2.09 bits per heavy atom. The van der Waals surface area contributed by atoms with Gasteiger partial charge in [-0.3, -0.25) is 9.69 Å². The molecule has 6 nitrogen and oxygen atoms in total. The summed E-state index contributed by atoms with van der Waals surface area (Å²) in [5, 5.41) is 3.97. The van der Waals surface area contributed by atoms with Crippen LogP contribution in [0.15, 0.2) is 4.52 Å². The van der Waals surface area contributed by atoms with Gasteiger partial charge in [0.25, 0.3) is 5.91 Å². The van der Waals surface area contributed by atoms with Crippen molar-refractivity contribution in [3.05, 3.63) is 17.0 Å². The minimum atomic E-state index is 0.0901. The first-order valence-corrected chi connectivity index (χ1v) is 8.73. The van der Waals surface area contributed by atoms with E-state index in [2.05, 4.69) is 10.1 Å². The number of likely N-dealkylation sites (tertiary alicyclic amines) is 1. The number of amides is 1. The van der Waals surface area contributed by atoms with Crippen molar-refractivity contribution in [1.29, 1.82) is 0 Å². The smallest absolute Gasteiger partial charge is 0.259 e. The molecule has 1 amide bonds. The van der Waals surface area contributed by atoms with Crippen LogP contribution < -0.4 is 0 Å². The predicted octanol–water partition coefficient (Wildman–Crippen LogP) is 1.73. The van der Waals surface area contributed by atoms with E-state index in [1.54, 1.807) is 0 Å². The number of aromatic nitrogens is 1. The number of hydrogen-bond donors (Lipinski definition) is 0. The third kappa shape index (κ3) is 3.75. The molecule has 0 N–H and O–H groups in total. The lowest BCUT2D eigenvalue weighted by molar-refractivity contribution is 0.0223. The third-order valence-electron chi connectivity index (χ3n) is 4.89. The highest BCUT2D eigenvalue weighted by molar-refractivity contribution is 5.96. The molecule has 0 radical (unpaired) electrons. The van der Waals surface area contributed by atoms with Crippen molar-refractivity contribution < 1.29 is 14.1 Å². The number of carbonyl (C=O) groups excluding carboxylic acids is 1. The Balaban J connectivity index is 1.63. The summed E-state index contributed by atoms with van der Waals surface area (Å²) in [5.41, 5.74) is 1.39. The number of ether oxygens (including phenoxy) is 1. The van der Waals surface area contributed by atoms with Gasteiger partial charge in [0.15, 0.2) is 0 Å². The molecule has 2 aliphatic rings. The highest BCUT2D eigenvalue weighted by Gasteiger charge is 2.29. The summed E-state index contributed by atoms with van der Waals surface area (Å²) < 4.78 is 10.7. The van der Waals surface area contributed by atoms with Gasteiger partial charge in [-0.05, 0) is 25.7 Å². The molecule has 128 valence electrons. The first-order chi connectivity index (χ1) is 11.2. The SMILES string of the molecule is CCc1onc(C)c1C(=O)N1CCC[C@H](CN2CCOCC2)C1. The van der Waals surface area contributed by atoms with Crippen LogP contribution in [0.5, 0.6) is 0 Å². The van der Waals surface area contributed by atoms with E-state index in [1.165, 1.54) is 6.42 Å². The molecule has 0 unspecified atom stereocenters. The maximum atomic E-state index is 12.9. The molecule has 0 spiro atoms. The van der Waals surface area contributed by atoms with Crippen LogP contribution in [0.2, 0.25) is 0 Å². The van der Waals surface area contributed by atoms with Crippen LogP contribution in [0.25, 0.3) is 0 Å². The van der Waals surface area contributed by atoms with Crippen molar-refractivity contribution in [3.8, 4) is 0 Å². The van der Waals surface area contributed by atoms with E-state index in [1.807, 2.05) is 18.7 Å². The van der Waals surface area contributed by atoms with E-state index in [9.17, 15) is 4.79 Å². The van der Waals surface area contributed by atoms with Crippen LogP contribution in [0.4, 0.5) is 0 Å². The minimum Gasteiger partial charge on any atom is -0.379 e. The van der Waals surface area contributed by atoms with Crippen molar-refractivity contribution in [2.45, 2.75) is 33.1 Å². The van der Waals surface area contributed by atoms with Gasteiger partial charge in [-0.2, -0.15) is 0 Å². The first-order valence-electron chi connectivity index (χ1n) is 8.73. The molecule has 0 aliphatic carbocycles. The highest BCUT2D eigenvalue weighted by atomic mass is 16.5. The zero-order valence-corrected chi connectivity index (χ0v) is 14.2. The van der Waals surface area contributed by atoms with Crippen LogP contribution in [-0.4, -0.2) is 66.8 Å². The Morgan fingerprint density at radius 1 is 1.30 bits per heavy atom. The number of rotatable bonds is 4. The summed E-state index contributed by atoms with van der Waals surface area (Å²) in [5.74, 6) is 1.35. The van der Waals surface area contributed by atoms with Crippen LogP contribution in [-0.2, 0) is 11.2 Å². The summed E-state index contributed by atoms with van der Waals surface area (Å²) in [6, 6.07) is 0. The lowest BCUT2D eigenvalue weighted by Crippen LogP contribution is -2.46. The monoisotopic (exact) mass is 321 g/mol. The summed E-state index contributed by atoms with van der Waals surface area (Å²) in [4.78, 5) is 17.3. The highest BCUT2D eigenvalue weighted by Crippen LogP contribution is 2.23. The first kappa shape index (κ1) is 16.5. The van der Waals surface area contributed by atoms with Gasteiger partial charge >= 0.3 is 0 Å². The lowest BCUT2D eigenvalue weighted by Gasteiger charge is -2.36. The molecule has 0 aromatic carbocycles.